The summed E-state index contributed by atoms with van der Waals surface area (Å²) in [5.74, 6) is -0.663. The molecule has 0 aliphatic rings. The maximum Gasteiger partial charge on any atom is 0.320 e. The molecule has 1 aromatic carbocycles. The number of nitro benzene ring substituents is 1. The van der Waals surface area contributed by atoms with Crippen molar-refractivity contribution in [3.05, 3.63) is 50.3 Å². The lowest BCUT2D eigenvalue weighted by atomic mass is 10.2. The van der Waals surface area contributed by atoms with E-state index in [-0.39, 0.29) is 22.8 Å². The topological polar surface area (TPSA) is 142 Å². The van der Waals surface area contributed by atoms with Crippen LogP contribution in [0.5, 0.6) is 5.75 Å². The molecule has 11 nitrogen and oxygen atoms in total. The standard InChI is InChI=1S/C12H11N5O6/c1-15-11(9(6-13-15)17(21)22)12(18)14-8-5-7(16(19)20)3-4-10(8)23-2/h3-6H,1-2H3,(H,14,18). The highest BCUT2D eigenvalue weighted by molar-refractivity contribution is 6.06. The van der Waals surface area contributed by atoms with Crippen LogP contribution in [0, 0.1) is 20.2 Å². The SMILES string of the molecule is COc1ccc([N+](=O)[O-])cc1NC(=O)c1c([N+](=O)[O-])cnn1C. The maximum absolute atomic E-state index is 12.3. The number of carbonyl (C=O) groups excluding carboxylic acids is 1. The Morgan fingerprint density at radius 3 is 2.57 bits per heavy atom. The van der Waals surface area contributed by atoms with Gasteiger partial charge in [-0.05, 0) is 6.07 Å². The van der Waals surface area contributed by atoms with E-state index in [0.717, 1.165) is 16.9 Å². The second kappa shape index (κ2) is 6.09. The summed E-state index contributed by atoms with van der Waals surface area (Å²) in [6.07, 6.45) is 0.944. The predicted molar refractivity (Wildman–Crippen MR) is 77.5 cm³/mol. The lowest BCUT2D eigenvalue weighted by Crippen LogP contribution is -2.18. The van der Waals surface area contributed by atoms with Crippen LogP contribution in [0.2, 0.25) is 0 Å². The van der Waals surface area contributed by atoms with E-state index in [1.807, 2.05) is 0 Å². The van der Waals surface area contributed by atoms with E-state index in [2.05, 4.69) is 10.4 Å². The fourth-order valence-electron chi connectivity index (χ4n) is 1.91. The highest BCUT2D eigenvalue weighted by Crippen LogP contribution is 2.30. The molecule has 0 radical (unpaired) electrons. The van der Waals surface area contributed by atoms with Crippen LogP contribution in [0.4, 0.5) is 17.1 Å². The first kappa shape index (κ1) is 15.9. The summed E-state index contributed by atoms with van der Waals surface area (Å²) < 4.78 is 6.05. The Bertz CT molecular complexity index is 799. The number of carbonyl (C=O) groups is 1. The van der Waals surface area contributed by atoms with E-state index in [1.165, 1.54) is 26.3 Å². The molecule has 11 heteroatoms. The molecule has 2 rings (SSSR count). The third kappa shape index (κ3) is 3.07. The van der Waals surface area contributed by atoms with E-state index in [1.54, 1.807) is 0 Å². The van der Waals surface area contributed by atoms with Gasteiger partial charge in [0, 0.05) is 19.2 Å². The van der Waals surface area contributed by atoms with E-state index in [0.29, 0.717) is 0 Å². The smallest absolute Gasteiger partial charge is 0.320 e. The van der Waals surface area contributed by atoms with Crippen LogP contribution in [0.1, 0.15) is 10.5 Å². The first-order valence-corrected chi connectivity index (χ1v) is 6.15. The number of nitrogens with zero attached hydrogens (tertiary/aromatic N) is 4. The van der Waals surface area contributed by atoms with Crippen LogP contribution in [0.25, 0.3) is 0 Å². The van der Waals surface area contributed by atoms with Gasteiger partial charge in [0.1, 0.15) is 11.9 Å². The lowest BCUT2D eigenvalue weighted by molar-refractivity contribution is -0.385. The normalized spacial score (nSPS) is 10.2. The van der Waals surface area contributed by atoms with Crippen molar-refractivity contribution in [2.24, 2.45) is 7.05 Å². The summed E-state index contributed by atoms with van der Waals surface area (Å²) in [7, 11) is 2.69. The Labute approximate surface area is 128 Å². The highest BCUT2D eigenvalue weighted by atomic mass is 16.6. The van der Waals surface area contributed by atoms with Crippen molar-refractivity contribution in [1.82, 2.24) is 9.78 Å². The van der Waals surface area contributed by atoms with E-state index < -0.39 is 21.4 Å². The number of aryl methyl sites for hydroxylation is 1. The van der Waals surface area contributed by atoms with Crippen LogP contribution in [-0.4, -0.2) is 32.6 Å². The maximum atomic E-state index is 12.3. The van der Waals surface area contributed by atoms with Gasteiger partial charge in [0.2, 0.25) is 5.69 Å². The molecule has 2 aromatic rings. The summed E-state index contributed by atoms with van der Waals surface area (Å²) in [6.45, 7) is 0. The molecule has 1 amide bonds. The number of anilines is 1. The number of ether oxygens (including phenoxy) is 1. The Morgan fingerprint density at radius 1 is 1.30 bits per heavy atom. The van der Waals surface area contributed by atoms with E-state index in [9.17, 15) is 25.0 Å². The van der Waals surface area contributed by atoms with Crippen LogP contribution < -0.4 is 10.1 Å². The van der Waals surface area contributed by atoms with Crippen molar-refractivity contribution in [1.29, 1.82) is 0 Å². The zero-order chi connectivity index (χ0) is 17.1. The van der Waals surface area contributed by atoms with Crippen LogP contribution in [0.15, 0.2) is 24.4 Å². The first-order valence-electron chi connectivity index (χ1n) is 6.15. The van der Waals surface area contributed by atoms with Crippen molar-refractivity contribution in [2.75, 3.05) is 12.4 Å². The monoisotopic (exact) mass is 321 g/mol. The van der Waals surface area contributed by atoms with Crippen molar-refractivity contribution in [3.8, 4) is 5.75 Å². The summed E-state index contributed by atoms with van der Waals surface area (Å²) in [4.78, 5) is 32.6. The molecule has 0 aliphatic heterocycles. The van der Waals surface area contributed by atoms with E-state index in [4.69, 9.17) is 4.74 Å². The molecular formula is C12H11N5O6. The van der Waals surface area contributed by atoms with Crippen molar-refractivity contribution in [3.63, 3.8) is 0 Å². The number of methoxy groups -OCH3 is 1. The van der Waals surface area contributed by atoms with Gasteiger partial charge in [0.15, 0.2) is 0 Å². The molecule has 0 fully saturated rings. The number of benzene rings is 1. The third-order valence-electron chi connectivity index (χ3n) is 2.97. The molecular weight excluding hydrogens is 310 g/mol. The van der Waals surface area contributed by atoms with Gasteiger partial charge >= 0.3 is 5.69 Å². The average molecular weight is 321 g/mol. The molecule has 120 valence electrons. The number of amides is 1. The Hall–Kier alpha value is -3.50. The average Bonchev–Trinajstić information content (AvgIpc) is 2.89. The van der Waals surface area contributed by atoms with Crippen LogP contribution in [0.3, 0.4) is 0 Å². The molecule has 0 saturated carbocycles. The summed E-state index contributed by atoms with van der Waals surface area (Å²) in [5, 5.41) is 27.8. The van der Waals surface area contributed by atoms with Gasteiger partial charge in [0.25, 0.3) is 11.6 Å². The molecule has 0 atom stereocenters. The fourth-order valence-corrected chi connectivity index (χ4v) is 1.91. The minimum atomic E-state index is -0.838. The third-order valence-corrected chi connectivity index (χ3v) is 2.97. The quantitative estimate of drug-likeness (QED) is 0.649. The summed E-state index contributed by atoms with van der Waals surface area (Å²) in [5.41, 5.74) is -1.01. The number of non-ortho nitro benzene ring substituents is 1. The molecule has 23 heavy (non-hydrogen) atoms. The Morgan fingerprint density at radius 2 is 2.00 bits per heavy atom. The highest BCUT2D eigenvalue weighted by Gasteiger charge is 2.26. The Kier molecular flexibility index (Phi) is 4.21. The van der Waals surface area contributed by atoms with Crippen molar-refractivity contribution < 1.29 is 19.4 Å². The molecule has 0 saturated heterocycles. The van der Waals surface area contributed by atoms with Gasteiger partial charge in [-0.3, -0.25) is 29.7 Å². The minimum absolute atomic E-state index is 0.0159. The van der Waals surface area contributed by atoms with Gasteiger partial charge in [0.05, 0.1) is 22.6 Å². The van der Waals surface area contributed by atoms with Crippen LogP contribution >= 0.6 is 0 Å². The second-order valence-electron chi connectivity index (χ2n) is 4.35. The fraction of sp³-hybridized carbons (Fsp3) is 0.167. The zero-order valence-corrected chi connectivity index (χ0v) is 12.0. The van der Waals surface area contributed by atoms with Gasteiger partial charge in [-0.2, -0.15) is 5.10 Å². The minimum Gasteiger partial charge on any atom is -0.495 e. The van der Waals surface area contributed by atoms with Gasteiger partial charge < -0.3 is 10.1 Å². The van der Waals surface area contributed by atoms with Gasteiger partial charge in [-0.25, -0.2) is 0 Å². The molecule has 0 spiro atoms. The van der Waals surface area contributed by atoms with Gasteiger partial charge in [-0.1, -0.05) is 0 Å². The van der Waals surface area contributed by atoms with E-state index >= 15 is 0 Å². The molecule has 1 aromatic heterocycles. The first-order chi connectivity index (χ1) is 10.8. The van der Waals surface area contributed by atoms with Crippen molar-refractivity contribution in [2.45, 2.75) is 0 Å². The molecule has 0 unspecified atom stereocenters. The summed E-state index contributed by atoms with van der Waals surface area (Å²) in [6, 6.07) is 3.62. The lowest BCUT2D eigenvalue weighted by Gasteiger charge is -2.09. The number of nitrogens with one attached hydrogen (secondary N) is 1. The number of hydrogen-bond acceptors (Lipinski definition) is 7. The Balaban J connectivity index is 2.41. The molecule has 1 N–H and O–H groups in total. The van der Waals surface area contributed by atoms with Gasteiger partial charge in [-0.15, -0.1) is 0 Å². The predicted octanol–water partition coefficient (Wildman–Crippen LogP) is 1.50. The number of rotatable bonds is 5. The number of hydrogen-bond donors (Lipinski definition) is 1. The number of aromatic nitrogens is 2. The molecule has 0 bridgehead atoms. The second-order valence-corrected chi connectivity index (χ2v) is 4.35. The van der Waals surface area contributed by atoms with Crippen LogP contribution in [-0.2, 0) is 7.05 Å². The molecule has 1 heterocycles. The summed E-state index contributed by atoms with van der Waals surface area (Å²) >= 11 is 0. The zero-order valence-electron chi connectivity index (χ0n) is 12.0. The molecule has 0 aliphatic carbocycles. The largest absolute Gasteiger partial charge is 0.495 e. The van der Waals surface area contributed by atoms with Crippen molar-refractivity contribution >= 4 is 23.0 Å². The number of nitro groups is 2.